The van der Waals surface area contributed by atoms with Gasteiger partial charge in [-0.2, -0.15) is 0 Å². The Balaban J connectivity index is 2.06. The van der Waals surface area contributed by atoms with Gasteiger partial charge >= 0.3 is 11.9 Å². The summed E-state index contributed by atoms with van der Waals surface area (Å²) in [6.45, 7) is 7.64. The van der Waals surface area contributed by atoms with Crippen molar-refractivity contribution in [3.8, 4) is 0 Å². The van der Waals surface area contributed by atoms with Gasteiger partial charge in [-0.05, 0) is 31.4 Å². The zero-order chi connectivity index (χ0) is 21.4. The molecule has 0 aromatic heterocycles. The Morgan fingerprint density at radius 1 is 0.759 bits per heavy atom. The highest BCUT2D eigenvalue weighted by Crippen LogP contribution is 2.23. The minimum absolute atomic E-state index is 0.235. The van der Waals surface area contributed by atoms with Gasteiger partial charge in [0.1, 0.15) is 12.2 Å². The van der Waals surface area contributed by atoms with Crippen LogP contribution in [0.4, 0.5) is 0 Å². The van der Waals surface area contributed by atoms with Gasteiger partial charge in [0.05, 0.1) is 5.56 Å². The molecule has 0 heterocycles. The lowest BCUT2D eigenvalue weighted by Crippen LogP contribution is -2.37. The van der Waals surface area contributed by atoms with Gasteiger partial charge in [0, 0.05) is 11.5 Å². The predicted molar refractivity (Wildman–Crippen MR) is 111 cm³/mol. The summed E-state index contributed by atoms with van der Waals surface area (Å²) in [5, 5.41) is 0. The third kappa shape index (κ3) is 6.56. The molecule has 3 atom stereocenters. The lowest BCUT2D eigenvalue weighted by Gasteiger charge is -2.29. The molecule has 0 saturated carbocycles. The lowest BCUT2D eigenvalue weighted by molar-refractivity contribution is -0.148. The van der Waals surface area contributed by atoms with Crippen molar-refractivity contribution in [1.29, 1.82) is 0 Å². The van der Waals surface area contributed by atoms with Gasteiger partial charge < -0.3 is 9.47 Å². The number of esters is 2. The molecule has 2 rings (SSSR count). The quantitative estimate of drug-likeness (QED) is 0.349. The highest BCUT2D eigenvalue weighted by atomic mass is 16.6. The van der Waals surface area contributed by atoms with Crippen molar-refractivity contribution in [1.82, 2.24) is 0 Å². The molecule has 29 heavy (non-hydrogen) atoms. The van der Waals surface area contributed by atoms with E-state index in [1.165, 1.54) is 0 Å². The smallest absolute Gasteiger partial charge is 0.379 e. The summed E-state index contributed by atoms with van der Waals surface area (Å²) in [7, 11) is 0. The highest BCUT2D eigenvalue weighted by molar-refractivity contribution is 6.40. The van der Waals surface area contributed by atoms with Crippen molar-refractivity contribution < 1.29 is 23.9 Å². The maximum atomic E-state index is 12.4. The first-order valence-corrected chi connectivity index (χ1v) is 9.86. The van der Waals surface area contributed by atoms with Crippen LogP contribution in [0.5, 0.6) is 0 Å². The highest BCUT2D eigenvalue weighted by Gasteiger charge is 2.31. The van der Waals surface area contributed by atoms with Crippen LogP contribution in [-0.4, -0.2) is 29.9 Å². The van der Waals surface area contributed by atoms with Gasteiger partial charge in [-0.25, -0.2) is 9.59 Å². The molecule has 0 radical (unpaired) electrons. The van der Waals surface area contributed by atoms with Gasteiger partial charge in [0.25, 0.3) is 5.78 Å². The standard InChI is InChI=1S/C24H28O5/c1-16(2)15-21(29-24(27)22(25)19-11-7-5-8-12-19)17(3)18(4)28-23(26)20-13-9-6-10-14-20/h5-14,16-18,21H,15H2,1-4H3. The third-order valence-corrected chi connectivity index (χ3v) is 4.81. The molecular formula is C24H28O5. The molecule has 0 N–H and O–H groups in total. The second-order valence-electron chi connectivity index (χ2n) is 7.60. The van der Waals surface area contributed by atoms with E-state index >= 15 is 0 Å². The average molecular weight is 396 g/mol. The SMILES string of the molecule is CC(C)CC(OC(=O)C(=O)c1ccccc1)C(C)C(C)OC(=O)c1ccccc1. The first kappa shape index (κ1) is 22.3. The van der Waals surface area contributed by atoms with Gasteiger partial charge in [-0.3, -0.25) is 4.79 Å². The van der Waals surface area contributed by atoms with Gasteiger partial charge in [-0.1, -0.05) is 69.3 Å². The van der Waals surface area contributed by atoms with E-state index in [1.807, 2.05) is 26.8 Å². The zero-order valence-electron chi connectivity index (χ0n) is 17.3. The molecule has 0 amide bonds. The van der Waals surface area contributed by atoms with E-state index in [9.17, 15) is 14.4 Å². The van der Waals surface area contributed by atoms with Crippen LogP contribution in [-0.2, 0) is 14.3 Å². The Kier molecular flexibility index (Phi) is 8.13. The maximum absolute atomic E-state index is 12.4. The minimum atomic E-state index is -0.893. The van der Waals surface area contributed by atoms with E-state index in [0.717, 1.165) is 0 Å². The summed E-state index contributed by atoms with van der Waals surface area (Å²) < 4.78 is 11.1. The van der Waals surface area contributed by atoms with E-state index in [2.05, 4.69) is 0 Å². The van der Waals surface area contributed by atoms with Crippen LogP contribution in [0.2, 0.25) is 0 Å². The van der Waals surface area contributed by atoms with Crippen molar-refractivity contribution in [2.45, 2.75) is 46.3 Å². The third-order valence-electron chi connectivity index (χ3n) is 4.81. The Bertz CT molecular complexity index is 814. The predicted octanol–water partition coefficient (Wildman–Crippen LogP) is 4.71. The normalized spacial score (nSPS) is 14.0. The summed E-state index contributed by atoms with van der Waals surface area (Å²) in [5.74, 6) is -2.05. The second kappa shape index (κ2) is 10.6. The number of hydrogen-bond acceptors (Lipinski definition) is 5. The number of rotatable bonds is 9. The molecule has 0 spiro atoms. The molecule has 0 aliphatic rings. The molecule has 3 unspecified atom stereocenters. The molecule has 0 saturated heterocycles. The van der Waals surface area contributed by atoms with Crippen LogP contribution in [0, 0.1) is 11.8 Å². The molecule has 5 nitrogen and oxygen atoms in total. The van der Waals surface area contributed by atoms with Crippen LogP contribution in [0.25, 0.3) is 0 Å². The summed E-state index contributed by atoms with van der Waals surface area (Å²) in [6, 6.07) is 17.0. The molecule has 2 aromatic rings. The summed E-state index contributed by atoms with van der Waals surface area (Å²) in [4.78, 5) is 37.1. The number of ketones is 1. The van der Waals surface area contributed by atoms with Crippen molar-refractivity contribution in [2.24, 2.45) is 11.8 Å². The zero-order valence-corrected chi connectivity index (χ0v) is 17.3. The van der Waals surface area contributed by atoms with Crippen molar-refractivity contribution in [2.75, 3.05) is 0 Å². The Morgan fingerprint density at radius 2 is 1.28 bits per heavy atom. The lowest BCUT2D eigenvalue weighted by atomic mass is 9.92. The Labute approximate surface area is 172 Å². The molecule has 0 aliphatic carbocycles. The fourth-order valence-corrected chi connectivity index (χ4v) is 2.95. The molecule has 0 fully saturated rings. The van der Waals surface area contributed by atoms with E-state index < -0.39 is 29.9 Å². The largest absolute Gasteiger partial charge is 0.459 e. The Hall–Kier alpha value is -2.95. The molecular weight excluding hydrogens is 368 g/mol. The number of ether oxygens (including phenoxy) is 2. The number of carbonyl (C=O) groups is 3. The Morgan fingerprint density at radius 3 is 1.79 bits per heavy atom. The second-order valence-corrected chi connectivity index (χ2v) is 7.60. The first-order valence-electron chi connectivity index (χ1n) is 9.86. The van der Waals surface area contributed by atoms with Crippen LogP contribution in [0.15, 0.2) is 60.7 Å². The number of Topliss-reactive ketones (excluding diaryl/α,β-unsaturated/α-hetero) is 1. The van der Waals surface area contributed by atoms with Crippen LogP contribution in [0.3, 0.4) is 0 Å². The van der Waals surface area contributed by atoms with Crippen molar-refractivity contribution in [3.05, 3.63) is 71.8 Å². The number of carbonyl (C=O) groups excluding carboxylic acids is 3. The average Bonchev–Trinajstić information content (AvgIpc) is 2.72. The first-order chi connectivity index (χ1) is 13.8. The van der Waals surface area contributed by atoms with Gasteiger partial charge in [0.2, 0.25) is 0 Å². The summed E-state index contributed by atoms with van der Waals surface area (Å²) in [6.07, 6.45) is -0.484. The molecule has 0 bridgehead atoms. The van der Waals surface area contributed by atoms with E-state index in [-0.39, 0.29) is 17.4 Å². The van der Waals surface area contributed by atoms with E-state index in [4.69, 9.17) is 9.47 Å². The monoisotopic (exact) mass is 396 g/mol. The minimum Gasteiger partial charge on any atom is -0.459 e. The molecule has 2 aromatic carbocycles. The van der Waals surface area contributed by atoms with E-state index in [0.29, 0.717) is 12.0 Å². The molecule has 5 heteroatoms. The van der Waals surface area contributed by atoms with Crippen LogP contribution >= 0.6 is 0 Å². The van der Waals surface area contributed by atoms with Crippen molar-refractivity contribution >= 4 is 17.7 Å². The van der Waals surface area contributed by atoms with Gasteiger partial charge in [-0.15, -0.1) is 0 Å². The van der Waals surface area contributed by atoms with E-state index in [1.54, 1.807) is 61.5 Å². The van der Waals surface area contributed by atoms with Crippen LogP contribution < -0.4 is 0 Å². The number of benzene rings is 2. The molecule has 0 aliphatic heterocycles. The summed E-state index contributed by atoms with van der Waals surface area (Å²) in [5.41, 5.74) is 0.750. The fraction of sp³-hybridized carbons (Fsp3) is 0.375. The number of hydrogen-bond donors (Lipinski definition) is 0. The van der Waals surface area contributed by atoms with Gasteiger partial charge in [0.15, 0.2) is 0 Å². The fourth-order valence-electron chi connectivity index (χ4n) is 2.95. The molecule has 154 valence electrons. The van der Waals surface area contributed by atoms with Crippen LogP contribution in [0.1, 0.15) is 54.8 Å². The summed E-state index contributed by atoms with van der Waals surface area (Å²) >= 11 is 0. The maximum Gasteiger partial charge on any atom is 0.379 e. The van der Waals surface area contributed by atoms with Crippen molar-refractivity contribution in [3.63, 3.8) is 0 Å². The topological polar surface area (TPSA) is 69.7 Å².